The quantitative estimate of drug-likeness (QED) is 0.728. The van der Waals surface area contributed by atoms with Gasteiger partial charge in [0.15, 0.2) is 6.10 Å². The highest BCUT2D eigenvalue weighted by molar-refractivity contribution is 6.04. The molecule has 0 aliphatic carbocycles. The predicted octanol–water partition coefficient (Wildman–Crippen LogP) is 3.90. The predicted molar refractivity (Wildman–Crippen MR) is 98.6 cm³/mol. The van der Waals surface area contributed by atoms with Gasteiger partial charge in [-0.3, -0.25) is 4.79 Å². The van der Waals surface area contributed by atoms with E-state index in [1.54, 1.807) is 6.07 Å². The third-order valence-corrected chi connectivity index (χ3v) is 3.95. The molecule has 0 bridgehead atoms. The number of anilines is 1. The van der Waals surface area contributed by atoms with E-state index in [1.165, 1.54) is 31.2 Å². The molecular formula is C21H16N2O3. The molecule has 0 radical (unpaired) electrons. The molecule has 0 aromatic heterocycles. The lowest BCUT2D eigenvalue weighted by Gasteiger charge is -2.14. The Bertz CT molecular complexity index is 998. The highest BCUT2D eigenvalue weighted by Crippen LogP contribution is 2.23. The van der Waals surface area contributed by atoms with Crippen molar-refractivity contribution in [2.45, 2.75) is 13.0 Å². The summed E-state index contributed by atoms with van der Waals surface area (Å²) in [5, 5.41) is 13.5. The Balaban J connectivity index is 1.69. The lowest BCUT2D eigenvalue weighted by molar-refractivity contribution is -0.123. The fourth-order valence-electron chi connectivity index (χ4n) is 2.53. The third-order valence-electron chi connectivity index (χ3n) is 3.95. The number of esters is 1. The van der Waals surface area contributed by atoms with E-state index in [0.29, 0.717) is 11.3 Å². The smallest absolute Gasteiger partial charge is 0.338 e. The zero-order valence-corrected chi connectivity index (χ0v) is 14.1. The zero-order valence-electron chi connectivity index (χ0n) is 14.1. The first-order valence-electron chi connectivity index (χ1n) is 8.08. The monoisotopic (exact) mass is 344 g/mol. The Morgan fingerprint density at radius 1 is 1.00 bits per heavy atom. The van der Waals surface area contributed by atoms with Gasteiger partial charge in [0.25, 0.3) is 5.91 Å². The molecule has 1 unspecified atom stereocenters. The van der Waals surface area contributed by atoms with E-state index in [1.807, 2.05) is 42.5 Å². The third kappa shape index (κ3) is 3.70. The summed E-state index contributed by atoms with van der Waals surface area (Å²) in [6, 6.07) is 21.3. The van der Waals surface area contributed by atoms with Crippen LogP contribution in [0.5, 0.6) is 0 Å². The first kappa shape index (κ1) is 17.2. The van der Waals surface area contributed by atoms with Gasteiger partial charge >= 0.3 is 5.97 Å². The fraction of sp³-hybridized carbons (Fsp3) is 0.0952. The fourth-order valence-corrected chi connectivity index (χ4v) is 2.53. The summed E-state index contributed by atoms with van der Waals surface area (Å²) in [7, 11) is 0. The molecule has 0 aliphatic rings. The van der Waals surface area contributed by atoms with Gasteiger partial charge in [0.2, 0.25) is 0 Å². The molecule has 3 rings (SSSR count). The second kappa shape index (κ2) is 7.49. The maximum Gasteiger partial charge on any atom is 0.338 e. The van der Waals surface area contributed by atoms with E-state index in [2.05, 4.69) is 5.32 Å². The van der Waals surface area contributed by atoms with Crippen LogP contribution in [0.3, 0.4) is 0 Å². The van der Waals surface area contributed by atoms with Gasteiger partial charge in [-0.25, -0.2) is 4.79 Å². The van der Waals surface area contributed by atoms with Gasteiger partial charge < -0.3 is 10.1 Å². The normalized spacial score (nSPS) is 11.4. The molecule has 0 heterocycles. The highest BCUT2D eigenvalue weighted by Gasteiger charge is 2.19. The number of carbonyl (C=O) groups excluding carboxylic acids is 2. The minimum atomic E-state index is -0.961. The Labute approximate surface area is 150 Å². The van der Waals surface area contributed by atoms with Crippen molar-refractivity contribution in [1.82, 2.24) is 0 Å². The average Bonchev–Trinajstić information content (AvgIpc) is 2.68. The molecule has 1 amide bonds. The summed E-state index contributed by atoms with van der Waals surface area (Å²) in [5.41, 5.74) is 1.39. The largest absolute Gasteiger partial charge is 0.449 e. The standard InChI is InChI=1S/C21H16N2O3/c1-14(26-21(25)17-11-9-15(13-22)10-12-17)20(24)23-19-8-4-6-16-5-2-3-7-18(16)19/h2-12,14H,1H3,(H,23,24). The number of carbonyl (C=O) groups is 2. The van der Waals surface area contributed by atoms with Gasteiger partial charge in [0, 0.05) is 11.1 Å². The minimum Gasteiger partial charge on any atom is -0.449 e. The number of rotatable bonds is 4. The number of fused-ring (bicyclic) bond motifs is 1. The molecule has 0 saturated carbocycles. The van der Waals surface area contributed by atoms with Crippen LogP contribution in [0.25, 0.3) is 10.8 Å². The van der Waals surface area contributed by atoms with Crippen LogP contribution in [0.2, 0.25) is 0 Å². The molecule has 3 aromatic rings. The molecule has 1 atom stereocenters. The lowest BCUT2D eigenvalue weighted by atomic mass is 10.1. The average molecular weight is 344 g/mol. The zero-order chi connectivity index (χ0) is 18.5. The van der Waals surface area contributed by atoms with Crippen LogP contribution in [0.1, 0.15) is 22.8 Å². The number of hydrogen-bond acceptors (Lipinski definition) is 4. The summed E-state index contributed by atoms with van der Waals surface area (Å²) in [5.74, 6) is -1.03. The Morgan fingerprint density at radius 3 is 2.42 bits per heavy atom. The molecule has 5 heteroatoms. The molecule has 1 N–H and O–H groups in total. The van der Waals surface area contributed by atoms with Crippen LogP contribution < -0.4 is 5.32 Å². The van der Waals surface area contributed by atoms with E-state index < -0.39 is 18.0 Å². The molecule has 0 saturated heterocycles. The number of nitrogens with zero attached hydrogens (tertiary/aromatic N) is 1. The SMILES string of the molecule is CC(OC(=O)c1ccc(C#N)cc1)C(=O)Nc1cccc2ccccc12. The van der Waals surface area contributed by atoms with Crippen molar-refractivity contribution in [1.29, 1.82) is 5.26 Å². The van der Waals surface area contributed by atoms with Crippen LogP contribution in [0.4, 0.5) is 5.69 Å². The number of benzene rings is 3. The summed E-state index contributed by atoms with van der Waals surface area (Å²) >= 11 is 0. The van der Waals surface area contributed by atoms with Crippen LogP contribution in [-0.2, 0) is 9.53 Å². The maximum atomic E-state index is 12.4. The summed E-state index contributed by atoms with van der Waals surface area (Å²) in [6.07, 6.45) is -0.961. The van der Waals surface area contributed by atoms with Gasteiger partial charge in [-0.1, -0.05) is 36.4 Å². The van der Waals surface area contributed by atoms with Crippen molar-refractivity contribution in [3.8, 4) is 6.07 Å². The number of amides is 1. The first-order valence-corrected chi connectivity index (χ1v) is 8.08. The molecule has 128 valence electrons. The Kier molecular flexibility index (Phi) is 4.95. The van der Waals surface area contributed by atoms with Crippen LogP contribution in [0, 0.1) is 11.3 Å². The summed E-state index contributed by atoms with van der Waals surface area (Å²) < 4.78 is 5.22. The summed E-state index contributed by atoms with van der Waals surface area (Å²) in [6.45, 7) is 1.52. The van der Waals surface area contributed by atoms with Gasteiger partial charge in [0.05, 0.1) is 17.2 Å². The number of ether oxygens (including phenoxy) is 1. The molecule has 26 heavy (non-hydrogen) atoms. The minimum absolute atomic E-state index is 0.286. The van der Waals surface area contributed by atoms with Crippen LogP contribution in [0.15, 0.2) is 66.7 Å². The van der Waals surface area contributed by atoms with E-state index in [0.717, 1.165) is 10.8 Å². The molecule has 0 spiro atoms. The summed E-state index contributed by atoms with van der Waals surface area (Å²) in [4.78, 5) is 24.5. The van der Waals surface area contributed by atoms with Crippen molar-refractivity contribution < 1.29 is 14.3 Å². The van der Waals surface area contributed by atoms with Crippen LogP contribution in [-0.4, -0.2) is 18.0 Å². The topological polar surface area (TPSA) is 79.2 Å². The molecule has 3 aromatic carbocycles. The first-order chi connectivity index (χ1) is 12.6. The van der Waals surface area contributed by atoms with Gasteiger partial charge in [-0.2, -0.15) is 5.26 Å². The molecule has 0 fully saturated rings. The van der Waals surface area contributed by atoms with Gasteiger partial charge in [0.1, 0.15) is 0 Å². The van der Waals surface area contributed by atoms with Crippen molar-refractivity contribution in [2.24, 2.45) is 0 Å². The second-order valence-electron chi connectivity index (χ2n) is 5.75. The number of nitrogens with one attached hydrogen (secondary N) is 1. The van der Waals surface area contributed by atoms with Crippen molar-refractivity contribution in [3.63, 3.8) is 0 Å². The number of hydrogen-bond donors (Lipinski definition) is 1. The Hall–Kier alpha value is -3.65. The highest BCUT2D eigenvalue weighted by atomic mass is 16.5. The molecular weight excluding hydrogens is 328 g/mol. The maximum absolute atomic E-state index is 12.4. The van der Waals surface area contributed by atoms with Crippen LogP contribution >= 0.6 is 0 Å². The molecule has 0 aliphatic heterocycles. The number of nitriles is 1. The lowest BCUT2D eigenvalue weighted by Crippen LogP contribution is -2.30. The second-order valence-corrected chi connectivity index (χ2v) is 5.75. The van der Waals surface area contributed by atoms with Gasteiger partial charge in [-0.05, 0) is 42.6 Å². The molecule has 5 nitrogen and oxygen atoms in total. The van der Waals surface area contributed by atoms with E-state index >= 15 is 0 Å². The van der Waals surface area contributed by atoms with E-state index in [9.17, 15) is 9.59 Å². The van der Waals surface area contributed by atoms with Crippen molar-refractivity contribution >= 4 is 28.3 Å². The van der Waals surface area contributed by atoms with Gasteiger partial charge in [-0.15, -0.1) is 0 Å². The van der Waals surface area contributed by atoms with Crippen molar-refractivity contribution in [2.75, 3.05) is 5.32 Å². The van der Waals surface area contributed by atoms with E-state index in [-0.39, 0.29) is 5.56 Å². The Morgan fingerprint density at radius 2 is 1.69 bits per heavy atom. The van der Waals surface area contributed by atoms with Crippen molar-refractivity contribution in [3.05, 3.63) is 77.9 Å². The van der Waals surface area contributed by atoms with E-state index in [4.69, 9.17) is 10.00 Å².